The van der Waals surface area contributed by atoms with Crippen LogP contribution < -0.4 is 10.6 Å². The summed E-state index contributed by atoms with van der Waals surface area (Å²) in [5.41, 5.74) is 0. The molecule has 0 saturated heterocycles. The lowest BCUT2D eigenvalue weighted by Gasteiger charge is -2.16. The van der Waals surface area contributed by atoms with Crippen molar-refractivity contribution in [3.8, 4) is 0 Å². The molecule has 1 rings (SSSR count). The lowest BCUT2D eigenvalue weighted by Crippen LogP contribution is -2.36. The molecule has 0 heterocycles. The Morgan fingerprint density at radius 3 is 2.47 bits per heavy atom. The molecule has 2 N–H and O–H groups in total. The molecule has 0 bridgehead atoms. The van der Waals surface area contributed by atoms with Gasteiger partial charge < -0.3 is 10.6 Å². The molecule has 17 heavy (non-hydrogen) atoms. The Hall–Kier alpha value is -0.570. The fourth-order valence-corrected chi connectivity index (χ4v) is 2.59. The van der Waals surface area contributed by atoms with Crippen LogP contribution in [0.1, 0.15) is 59.3 Å². The third-order valence-corrected chi connectivity index (χ3v) is 3.39. The maximum atomic E-state index is 11.7. The standard InChI is InChI=1S/C14H28N2O/c1-11(2)10-12(3)15-9-8-14(17)16-13-6-4-5-7-13/h11-13,15H,4-10H2,1-3H3,(H,16,17)/t12-/m0/s1. The Kier molecular flexibility index (Phi) is 6.56. The fourth-order valence-electron chi connectivity index (χ4n) is 2.59. The Morgan fingerprint density at radius 1 is 1.24 bits per heavy atom. The minimum Gasteiger partial charge on any atom is -0.353 e. The maximum Gasteiger partial charge on any atom is 0.221 e. The smallest absolute Gasteiger partial charge is 0.221 e. The van der Waals surface area contributed by atoms with Gasteiger partial charge in [0.05, 0.1) is 0 Å². The molecule has 0 aromatic heterocycles. The number of rotatable bonds is 7. The molecule has 0 aromatic rings. The highest BCUT2D eigenvalue weighted by Crippen LogP contribution is 2.17. The molecule has 0 unspecified atom stereocenters. The van der Waals surface area contributed by atoms with Crippen molar-refractivity contribution >= 4 is 5.91 Å². The van der Waals surface area contributed by atoms with Gasteiger partial charge in [-0.1, -0.05) is 26.7 Å². The van der Waals surface area contributed by atoms with Gasteiger partial charge in [0.15, 0.2) is 0 Å². The van der Waals surface area contributed by atoms with E-state index in [-0.39, 0.29) is 5.91 Å². The number of carbonyl (C=O) groups is 1. The molecule has 1 saturated carbocycles. The number of carbonyl (C=O) groups excluding carboxylic acids is 1. The van der Waals surface area contributed by atoms with Crippen molar-refractivity contribution in [3.05, 3.63) is 0 Å². The summed E-state index contributed by atoms with van der Waals surface area (Å²) in [5.74, 6) is 0.922. The van der Waals surface area contributed by atoms with Gasteiger partial charge in [0.25, 0.3) is 0 Å². The minimum absolute atomic E-state index is 0.209. The SMILES string of the molecule is CC(C)C[C@H](C)NCCC(=O)NC1CCCC1. The molecule has 1 aliphatic rings. The monoisotopic (exact) mass is 240 g/mol. The molecule has 1 fully saturated rings. The molecule has 1 aliphatic carbocycles. The highest BCUT2D eigenvalue weighted by atomic mass is 16.1. The van der Waals surface area contributed by atoms with Crippen LogP contribution in [0, 0.1) is 5.92 Å². The Bertz CT molecular complexity index is 222. The van der Waals surface area contributed by atoms with Gasteiger partial charge >= 0.3 is 0 Å². The molecule has 0 radical (unpaired) electrons. The zero-order valence-electron chi connectivity index (χ0n) is 11.6. The topological polar surface area (TPSA) is 41.1 Å². The van der Waals surface area contributed by atoms with Crippen molar-refractivity contribution in [2.45, 2.75) is 71.4 Å². The Labute approximate surface area is 106 Å². The summed E-state index contributed by atoms with van der Waals surface area (Å²) >= 11 is 0. The van der Waals surface area contributed by atoms with Gasteiger partial charge in [-0.15, -0.1) is 0 Å². The quantitative estimate of drug-likeness (QED) is 0.717. The number of amides is 1. The lowest BCUT2D eigenvalue weighted by atomic mass is 10.1. The summed E-state index contributed by atoms with van der Waals surface area (Å²) in [7, 11) is 0. The van der Waals surface area contributed by atoms with Crippen molar-refractivity contribution in [3.63, 3.8) is 0 Å². The molecule has 3 heteroatoms. The highest BCUT2D eigenvalue weighted by molar-refractivity contribution is 5.76. The van der Waals surface area contributed by atoms with Crippen LogP contribution in [0.5, 0.6) is 0 Å². The number of hydrogen-bond acceptors (Lipinski definition) is 2. The molecule has 1 amide bonds. The molecule has 0 aromatic carbocycles. The number of nitrogens with one attached hydrogen (secondary N) is 2. The minimum atomic E-state index is 0.209. The average Bonchev–Trinajstić information content (AvgIpc) is 2.69. The predicted molar refractivity (Wildman–Crippen MR) is 71.9 cm³/mol. The third-order valence-electron chi connectivity index (χ3n) is 3.39. The van der Waals surface area contributed by atoms with E-state index in [4.69, 9.17) is 0 Å². The van der Waals surface area contributed by atoms with E-state index in [0.29, 0.717) is 24.4 Å². The molecule has 1 atom stereocenters. The third kappa shape index (κ3) is 6.67. The molecule has 0 spiro atoms. The van der Waals surface area contributed by atoms with E-state index >= 15 is 0 Å². The van der Waals surface area contributed by atoms with E-state index in [9.17, 15) is 4.79 Å². The van der Waals surface area contributed by atoms with E-state index in [1.165, 1.54) is 32.1 Å². The van der Waals surface area contributed by atoms with Gasteiger partial charge in [0.2, 0.25) is 5.91 Å². The average molecular weight is 240 g/mol. The summed E-state index contributed by atoms with van der Waals surface area (Å²) in [6.07, 6.45) is 6.66. The summed E-state index contributed by atoms with van der Waals surface area (Å²) in [6.45, 7) is 7.44. The van der Waals surface area contributed by atoms with E-state index in [1.807, 2.05) is 0 Å². The van der Waals surface area contributed by atoms with E-state index in [2.05, 4.69) is 31.4 Å². The van der Waals surface area contributed by atoms with Crippen LogP contribution in [0.3, 0.4) is 0 Å². The van der Waals surface area contributed by atoms with Gasteiger partial charge in [-0.05, 0) is 32.1 Å². The first-order chi connectivity index (χ1) is 8.08. The first-order valence-electron chi connectivity index (χ1n) is 7.10. The van der Waals surface area contributed by atoms with Crippen molar-refractivity contribution < 1.29 is 4.79 Å². The summed E-state index contributed by atoms with van der Waals surface area (Å²) in [4.78, 5) is 11.7. The largest absolute Gasteiger partial charge is 0.353 e. The zero-order chi connectivity index (χ0) is 12.7. The second-order valence-corrected chi connectivity index (χ2v) is 5.78. The van der Waals surface area contributed by atoms with Crippen molar-refractivity contribution in [1.82, 2.24) is 10.6 Å². The first kappa shape index (κ1) is 14.5. The predicted octanol–water partition coefficient (Wildman–Crippen LogP) is 2.46. The van der Waals surface area contributed by atoms with Gasteiger partial charge in [-0.3, -0.25) is 4.79 Å². The van der Waals surface area contributed by atoms with E-state index < -0.39 is 0 Å². The van der Waals surface area contributed by atoms with Gasteiger partial charge in [-0.2, -0.15) is 0 Å². The second kappa shape index (κ2) is 7.70. The fraction of sp³-hybridized carbons (Fsp3) is 0.929. The van der Waals surface area contributed by atoms with Gasteiger partial charge in [-0.25, -0.2) is 0 Å². The van der Waals surface area contributed by atoms with E-state index in [1.54, 1.807) is 0 Å². The summed E-state index contributed by atoms with van der Waals surface area (Å²) in [5, 5.41) is 6.52. The van der Waals surface area contributed by atoms with Crippen LogP contribution in [0.4, 0.5) is 0 Å². The van der Waals surface area contributed by atoms with Gasteiger partial charge in [0.1, 0.15) is 0 Å². The first-order valence-corrected chi connectivity index (χ1v) is 7.10. The summed E-state index contributed by atoms with van der Waals surface area (Å²) in [6, 6.07) is 0.963. The van der Waals surface area contributed by atoms with Gasteiger partial charge in [0, 0.05) is 25.0 Å². The van der Waals surface area contributed by atoms with E-state index in [0.717, 1.165) is 6.54 Å². The molecule has 3 nitrogen and oxygen atoms in total. The Morgan fingerprint density at radius 2 is 1.88 bits per heavy atom. The molecular weight excluding hydrogens is 212 g/mol. The number of hydrogen-bond donors (Lipinski definition) is 2. The van der Waals surface area contributed by atoms with Crippen molar-refractivity contribution in [1.29, 1.82) is 0 Å². The van der Waals surface area contributed by atoms with Crippen LogP contribution in [0.15, 0.2) is 0 Å². The molecular formula is C14H28N2O. The Balaban J connectivity index is 2.03. The maximum absolute atomic E-state index is 11.7. The lowest BCUT2D eigenvalue weighted by molar-refractivity contribution is -0.121. The van der Waals surface area contributed by atoms with Crippen LogP contribution in [-0.4, -0.2) is 24.5 Å². The van der Waals surface area contributed by atoms with Crippen LogP contribution >= 0.6 is 0 Å². The highest BCUT2D eigenvalue weighted by Gasteiger charge is 2.16. The second-order valence-electron chi connectivity index (χ2n) is 5.78. The zero-order valence-corrected chi connectivity index (χ0v) is 11.6. The van der Waals surface area contributed by atoms with Crippen molar-refractivity contribution in [2.75, 3.05) is 6.54 Å². The van der Waals surface area contributed by atoms with Crippen LogP contribution in [0.2, 0.25) is 0 Å². The van der Waals surface area contributed by atoms with Crippen molar-refractivity contribution in [2.24, 2.45) is 5.92 Å². The molecule has 100 valence electrons. The normalized spacial score (nSPS) is 18.6. The van der Waals surface area contributed by atoms with Crippen LogP contribution in [-0.2, 0) is 4.79 Å². The molecule has 0 aliphatic heterocycles. The van der Waals surface area contributed by atoms with Crippen LogP contribution in [0.25, 0.3) is 0 Å². The summed E-state index contributed by atoms with van der Waals surface area (Å²) < 4.78 is 0.